The van der Waals surface area contributed by atoms with Gasteiger partial charge in [0.1, 0.15) is 12.1 Å². The van der Waals surface area contributed by atoms with Crippen LogP contribution in [0.3, 0.4) is 0 Å². The lowest BCUT2D eigenvalue weighted by Gasteiger charge is -2.27. The maximum absolute atomic E-state index is 12.1. The monoisotopic (exact) mass is 701 g/mol. The summed E-state index contributed by atoms with van der Waals surface area (Å²) in [4.78, 5) is 47.2. The predicted octanol–water partition coefficient (Wildman–Crippen LogP) is 9.14. The van der Waals surface area contributed by atoms with Gasteiger partial charge in [-0.2, -0.15) is 4.58 Å². The highest BCUT2D eigenvalue weighted by Gasteiger charge is 2.50. The van der Waals surface area contributed by atoms with Gasteiger partial charge in [0.05, 0.1) is 54.6 Å². The molecule has 0 saturated carbocycles. The summed E-state index contributed by atoms with van der Waals surface area (Å²) in [5.74, 6) is 0.658. The molecule has 0 radical (unpaired) electrons. The molecule has 2 heterocycles. The molecule has 14 nitrogen and oxygen atoms in total. The van der Waals surface area contributed by atoms with Crippen molar-refractivity contribution in [3.63, 3.8) is 0 Å². The van der Waals surface area contributed by atoms with E-state index in [1.165, 1.54) is 12.1 Å². The molecule has 0 spiro atoms. The van der Waals surface area contributed by atoms with Crippen LogP contribution in [0.4, 0.5) is 34.1 Å². The molecule has 2 aliphatic rings. The zero-order chi connectivity index (χ0) is 38.0. The van der Waals surface area contributed by atoms with Gasteiger partial charge < -0.3 is 4.90 Å². The smallest absolute Gasteiger partial charge is 0.287 e. The maximum atomic E-state index is 12.1. The van der Waals surface area contributed by atoms with E-state index in [-0.39, 0.29) is 22.7 Å². The number of allylic oxidation sites excluding steroid dienone is 8. The third kappa shape index (κ3) is 7.64. The summed E-state index contributed by atoms with van der Waals surface area (Å²) < 4.78 is 1.94. The van der Waals surface area contributed by atoms with Gasteiger partial charge in [0.15, 0.2) is 5.71 Å². The number of fused-ring (bicyclic) bond motifs is 2. The van der Waals surface area contributed by atoms with Crippen molar-refractivity contribution in [3.8, 4) is 0 Å². The summed E-state index contributed by atoms with van der Waals surface area (Å²) in [5.41, 5.74) is 0.491. The molecule has 2 aromatic rings. The molecule has 2 aromatic carbocycles. The molecule has 0 aliphatic carbocycles. The third-order valence-electron chi connectivity index (χ3n) is 9.48. The van der Waals surface area contributed by atoms with Crippen LogP contribution in [-0.4, -0.2) is 43.1 Å². The number of nitrogens with zero attached hydrogens (tertiary/aromatic N) is 6. The number of hydrogen-bond acceptors (Lipinski definition) is 9. The summed E-state index contributed by atoms with van der Waals surface area (Å²) in [6, 6.07) is 4.88. The van der Waals surface area contributed by atoms with Gasteiger partial charge in [-0.05, 0) is 52.0 Å². The fourth-order valence-electron chi connectivity index (χ4n) is 6.93. The quantitative estimate of drug-likeness (QED) is 0.0803. The van der Waals surface area contributed by atoms with Crippen molar-refractivity contribution in [3.05, 3.63) is 124 Å². The van der Waals surface area contributed by atoms with Crippen molar-refractivity contribution in [2.45, 2.75) is 79.1 Å². The molecular formula is C37H45N6O8+. The Labute approximate surface area is 296 Å². The van der Waals surface area contributed by atoms with E-state index in [1.807, 2.05) is 61.5 Å². The van der Waals surface area contributed by atoms with E-state index < -0.39 is 30.5 Å². The normalized spacial score (nSPS) is 17.1. The SMILES string of the molecule is CC(C)CCN1/C(=C/C=C/C=C/C=C/C2=[N+](CCC(C)C)c3cc([N+](=O)[O-])cc([N+](=O)[O-])c3C2(C)C)C(C)(C)c2c1cc([N+](=O)[O-])cc2[N+](=O)[O-]. The summed E-state index contributed by atoms with van der Waals surface area (Å²) in [7, 11) is 0. The minimum absolute atomic E-state index is 0.284. The second-order valence-corrected chi connectivity index (χ2v) is 14.7. The Kier molecular flexibility index (Phi) is 11.1. The first-order chi connectivity index (χ1) is 23.8. The standard InChI is InChI=1S/C37H45N6O8/c1-24(2)16-18-38-28-20-26(40(44)45)22-30(42(48)49)34(28)36(5,6)32(38)14-12-10-9-11-13-15-33-37(7,8)35-29(39(33)19-17-25(3)4)21-27(41(46)47)23-31(35)43(50)51/h9-15,20-25H,16-19H2,1-8H3/q+1. The predicted molar refractivity (Wildman–Crippen MR) is 197 cm³/mol. The zero-order valence-corrected chi connectivity index (χ0v) is 30.3. The van der Waals surface area contributed by atoms with E-state index in [4.69, 9.17) is 0 Å². The van der Waals surface area contributed by atoms with Crippen molar-refractivity contribution in [2.24, 2.45) is 11.8 Å². The third-order valence-corrected chi connectivity index (χ3v) is 9.48. The Bertz CT molecular complexity index is 1930. The van der Waals surface area contributed by atoms with E-state index in [2.05, 4.69) is 27.7 Å². The van der Waals surface area contributed by atoms with Crippen molar-refractivity contribution < 1.29 is 24.3 Å². The molecule has 0 unspecified atom stereocenters. The summed E-state index contributed by atoms with van der Waals surface area (Å²) >= 11 is 0. The van der Waals surface area contributed by atoms with Crippen molar-refractivity contribution in [1.29, 1.82) is 0 Å². The Hall–Kier alpha value is -5.53. The van der Waals surface area contributed by atoms with Crippen LogP contribution in [0.5, 0.6) is 0 Å². The Balaban J connectivity index is 1.70. The van der Waals surface area contributed by atoms with E-state index >= 15 is 0 Å². The highest BCUT2D eigenvalue weighted by molar-refractivity contribution is 6.04. The lowest BCUT2D eigenvalue weighted by atomic mass is 9.80. The Morgan fingerprint density at radius 1 is 0.686 bits per heavy atom. The van der Waals surface area contributed by atoms with Gasteiger partial charge in [0, 0.05) is 36.2 Å². The van der Waals surface area contributed by atoms with Crippen molar-refractivity contribution in [2.75, 3.05) is 18.0 Å². The average molecular weight is 702 g/mol. The number of nitro groups is 4. The van der Waals surface area contributed by atoms with E-state index in [1.54, 1.807) is 18.2 Å². The van der Waals surface area contributed by atoms with Crippen LogP contribution < -0.4 is 4.90 Å². The van der Waals surface area contributed by atoms with Gasteiger partial charge in [0.25, 0.3) is 22.7 Å². The minimum atomic E-state index is -0.811. The van der Waals surface area contributed by atoms with Crippen molar-refractivity contribution in [1.82, 2.24) is 0 Å². The molecule has 51 heavy (non-hydrogen) atoms. The van der Waals surface area contributed by atoms with Crippen LogP contribution in [0.1, 0.15) is 79.4 Å². The second-order valence-electron chi connectivity index (χ2n) is 14.7. The van der Waals surface area contributed by atoms with Gasteiger partial charge in [-0.3, -0.25) is 40.5 Å². The van der Waals surface area contributed by atoms with Crippen LogP contribution in [0, 0.1) is 52.3 Å². The minimum Gasteiger partial charge on any atom is -0.344 e. The van der Waals surface area contributed by atoms with E-state index in [0.717, 1.165) is 36.4 Å². The molecule has 14 heteroatoms. The Morgan fingerprint density at radius 3 is 1.76 bits per heavy atom. The molecule has 0 saturated heterocycles. The summed E-state index contributed by atoms with van der Waals surface area (Å²) in [6.07, 6.45) is 14.3. The number of rotatable bonds is 14. The highest BCUT2D eigenvalue weighted by atomic mass is 16.6. The van der Waals surface area contributed by atoms with Gasteiger partial charge in [0.2, 0.25) is 5.69 Å². The van der Waals surface area contributed by atoms with Gasteiger partial charge in [-0.25, -0.2) is 0 Å². The van der Waals surface area contributed by atoms with Crippen LogP contribution in [0.15, 0.2) is 72.5 Å². The lowest BCUT2D eigenvalue weighted by Crippen LogP contribution is -2.28. The number of non-ortho nitro benzene ring substituents is 2. The summed E-state index contributed by atoms with van der Waals surface area (Å²) in [6.45, 7) is 16.8. The topological polar surface area (TPSA) is 179 Å². The zero-order valence-electron chi connectivity index (χ0n) is 30.3. The molecule has 0 aromatic heterocycles. The largest absolute Gasteiger partial charge is 0.344 e. The van der Waals surface area contributed by atoms with Crippen LogP contribution in [0.25, 0.3) is 0 Å². The van der Waals surface area contributed by atoms with Crippen LogP contribution in [-0.2, 0) is 10.8 Å². The highest BCUT2D eigenvalue weighted by Crippen LogP contribution is 2.53. The second kappa shape index (κ2) is 14.8. The number of anilines is 1. The first-order valence-electron chi connectivity index (χ1n) is 16.9. The van der Waals surface area contributed by atoms with Crippen molar-refractivity contribution >= 4 is 39.8 Å². The average Bonchev–Trinajstić information content (AvgIpc) is 3.38. The maximum Gasteiger partial charge on any atom is 0.287 e. The molecule has 4 rings (SSSR count). The van der Waals surface area contributed by atoms with Gasteiger partial charge in [-0.1, -0.05) is 58.1 Å². The fraction of sp³-hybridized carbons (Fsp3) is 0.432. The van der Waals surface area contributed by atoms with E-state index in [0.29, 0.717) is 47.4 Å². The molecule has 0 atom stereocenters. The number of nitro benzene ring substituents is 4. The molecule has 0 amide bonds. The Morgan fingerprint density at radius 2 is 1.22 bits per heavy atom. The van der Waals surface area contributed by atoms with Crippen LogP contribution >= 0.6 is 0 Å². The molecule has 2 aliphatic heterocycles. The molecule has 0 N–H and O–H groups in total. The fourth-order valence-corrected chi connectivity index (χ4v) is 6.93. The number of hydrogen-bond donors (Lipinski definition) is 0. The first kappa shape index (κ1) is 38.3. The van der Waals surface area contributed by atoms with Gasteiger partial charge >= 0.3 is 0 Å². The lowest BCUT2D eigenvalue weighted by molar-refractivity contribution is -0.441. The molecule has 0 fully saturated rings. The van der Waals surface area contributed by atoms with E-state index in [9.17, 15) is 40.5 Å². The van der Waals surface area contributed by atoms with Gasteiger partial charge in [-0.15, -0.1) is 0 Å². The first-order valence-corrected chi connectivity index (χ1v) is 16.9. The molecular weight excluding hydrogens is 656 g/mol. The molecule has 0 bridgehead atoms. The number of benzene rings is 2. The molecule has 270 valence electrons. The van der Waals surface area contributed by atoms with Crippen LogP contribution in [0.2, 0.25) is 0 Å². The summed E-state index contributed by atoms with van der Waals surface area (Å²) in [5, 5.41) is 47.6.